The van der Waals surface area contributed by atoms with E-state index in [4.69, 9.17) is 9.15 Å². The average molecular weight is 166 g/mol. The topological polar surface area (TPSA) is 22.4 Å². The lowest BCUT2D eigenvalue weighted by atomic mass is 9.91. The summed E-state index contributed by atoms with van der Waals surface area (Å²) >= 11 is 0. The van der Waals surface area contributed by atoms with Gasteiger partial charge in [-0.15, -0.1) is 0 Å². The highest BCUT2D eigenvalue weighted by molar-refractivity contribution is 4.99. The average Bonchev–Trinajstić information content (AvgIpc) is 2.49. The van der Waals surface area contributed by atoms with Gasteiger partial charge in [-0.1, -0.05) is 0 Å². The Labute approximate surface area is 72.5 Å². The van der Waals surface area contributed by atoms with Crippen molar-refractivity contribution in [2.75, 3.05) is 6.61 Å². The molecule has 2 heterocycles. The molecule has 0 saturated carbocycles. The Hall–Kier alpha value is -0.760. The summed E-state index contributed by atoms with van der Waals surface area (Å²) in [6.45, 7) is 3.09. The Bertz CT molecular complexity index is 234. The molecule has 0 aliphatic carbocycles. The van der Waals surface area contributed by atoms with Gasteiger partial charge >= 0.3 is 0 Å². The van der Waals surface area contributed by atoms with Gasteiger partial charge in [0.1, 0.15) is 5.76 Å². The van der Waals surface area contributed by atoms with Crippen LogP contribution in [-0.4, -0.2) is 12.2 Å². The Morgan fingerprint density at radius 3 is 2.92 bits per heavy atom. The number of rotatable bonds is 3. The van der Waals surface area contributed by atoms with Crippen molar-refractivity contribution >= 4 is 0 Å². The molecule has 0 amide bonds. The highest BCUT2D eigenvalue weighted by atomic mass is 16.5. The fourth-order valence-corrected chi connectivity index (χ4v) is 1.49. The zero-order chi connectivity index (χ0) is 8.44. The van der Waals surface area contributed by atoms with Crippen molar-refractivity contribution in [1.82, 2.24) is 0 Å². The summed E-state index contributed by atoms with van der Waals surface area (Å²) in [4.78, 5) is 0. The number of aryl methyl sites for hydroxylation is 1. The summed E-state index contributed by atoms with van der Waals surface area (Å²) in [6, 6.07) is 3.95. The Balaban J connectivity index is 1.82. The highest BCUT2D eigenvalue weighted by Crippen LogP contribution is 2.30. The van der Waals surface area contributed by atoms with Crippen molar-refractivity contribution in [3.05, 3.63) is 24.2 Å². The lowest BCUT2D eigenvalue weighted by molar-refractivity contribution is -0.138. The van der Waals surface area contributed by atoms with Gasteiger partial charge in [0.2, 0.25) is 0 Å². The Morgan fingerprint density at radius 1 is 1.58 bits per heavy atom. The molecule has 0 bridgehead atoms. The van der Waals surface area contributed by atoms with E-state index in [2.05, 4.69) is 6.92 Å². The van der Waals surface area contributed by atoms with Crippen LogP contribution in [-0.2, 0) is 11.2 Å². The molecular weight excluding hydrogens is 152 g/mol. The molecule has 0 N–H and O–H groups in total. The van der Waals surface area contributed by atoms with E-state index in [0.29, 0.717) is 0 Å². The first-order chi connectivity index (χ1) is 5.79. The molecule has 0 aromatic carbocycles. The van der Waals surface area contributed by atoms with Gasteiger partial charge in [0.05, 0.1) is 18.5 Å². The smallest absolute Gasteiger partial charge is 0.103 e. The van der Waals surface area contributed by atoms with Gasteiger partial charge < -0.3 is 9.15 Å². The second kappa shape index (κ2) is 2.94. The first-order valence-corrected chi connectivity index (χ1v) is 4.45. The Morgan fingerprint density at radius 2 is 2.42 bits per heavy atom. The molecule has 2 heteroatoms. The third-order valence-corrected chi connectivity index (χ3v) is 2.56. The van der Waals surface area contributed by atoms with E-state index in [1.165, 1.54) is 6.42 Å². The fourth-order valence-electron chi connectivity index (χ4n) is 1.49. The third-order valence-electron chi connectivity index (χ3n) is 2.56. The molecule has 0 radical (unpaired) electrons. The maximum atomic E-state index is 5.47. The van der Waals surface area contributed by atoms with Crippen molar-refractivity contribution in [1.29, 1.82) is 0 Å². The molecule has 12 heavy (non-hydrogen) atoms. The van der Waals surface area contributed by atoms with E-state index < -0.39 is 0 Å². The summed E-state index contributed by atoms with van der Waals surface area (Å²) in [5.41, 5.74) is 0.132. The first-order valence-electron chi connectivity index (χ1n) is 4.45. The van der Waals surface area contributed by atoms with E-state index in [9.17, 15) is 0 Å². The zero-order valence-electron chi connectivity index (χ0n) is 7.38. The van der Waals surface area contributed by atoms with Gasteiger partial charge in [-0.25, -0.2) is 0 Å². The summed E-state index contributed by atoms with van der Waals surface area (Å²) in [5.74, 6) is 1.06. The van der Waals surface area contributed by atoms with Crippen LogP contribution in [0.5, 0.6) is 0 Å². The molecule has 1 aliphatic heterocycles. The predicted octanol–water partition coefficient (Wildman–Crippen LogP) is 2.39. The lowest BCUT2D eigenvalue weighted by Gasteiger charge is -2.38. The van der Waals surface area contributed by atoms with Crippen LogP contribution in [0.2, 0.25) is 0 Å². The minimum Gasteiger partial charge on any atom is -0.469 e. The minimum absolute atomic E-state index is 0.132. The first kappa shape index (κ1) is 7.87. The predicted molar refractivity (Wildman–Crippen MR) is 46.0 cm³/mol. The molecule has 1 atom stereocenters. The van der Waals surface area contributed by atoms with Gasteiger partial charge in [0, 0.05) is 6.42 Å². The molecule has 1 aromatic heterocycles. The second-order valence-electron chi connectivity index (χ2n) is 3.63. The quantitative estimate of drug-likeness (QED) is 0.688. The van der Waals surface area contributed by atoms with E-state index >= 15 is 0 Å². The van der Waals surface area contributed by atoms with Gasteiger partial charge in [-0.2, -0.15) is 0 Å². The van der Waals surface area contributed by atoms with Gasteiger partial charge in [-0.05, 0) is 31.9 Å². The van der Waals surface area contributed by atoms with Crippen LogP contribution in [0.1, 0.15) is 25.5 Å². The van der Waals surface area contributed by atoms with E-state index in [1.807, 2.05) is 12.1 Å². The van der Waals surface area contributed by atoms with Crippen LogP contribution in [0.4, 0.5) is 0 Å². The standard InChI is InChI=1S/C10H14O2/c1-10(6-8-12-10)5-4-9-3-2-7-11-9/h2-3,7H,4-6,8H2,1H3. The minimum atomic E-state index is 0.132. The molecule has 1 unspecified atom stereocenters. The van der Waals surface area contributed by atoms with Crippen LogP contribution < -0.4 is 0 Å². The van der Waals surface area contributed by atoms with Gasteiger partial charge in [0.15, 0.2) is 0 Å². The van der Waals surface area contributed by atoms with Crippen LogP contribution in [0.25, 0.3) is 0 Å². The largest absolute Gasteiger partial charge is 0.469 e. The summed E-state index contributed by atoms with van der Waals surface area (Å²) in [5, 5.41) is 0. The van der Waals surface area contributed by atoms with Crippen molar-refractivity contribution in [2.45, 2.75) is 31.8 Å². The third kappa shape index (κ3) is 1.53. The molecule has 0 spiro atoms. The monoisotopic (exact) mass is 166 g/mol. The van der Waals surface area contributed by atoms with Crippen LogP contribution in [0.3, 0.4) is 0 Å². The molecule has 1 aromatic rings. The Kier molecular flexibility index (Phi) is 1.93. The highest BCUT2D eigenvalue weighted by Gasteiger charge is 2.32. The van der Waals surface area contributed by atoms with Crippen molar-refractivity contribution in [3.63, 3.8) is 0 Å². The van der Waals surface area contributed by atoms with Crippen molar-refractivity contribution < 1.29 is 9.15 Å². The van der Waals surface area contributed by atoms with E-state index in [0.717, 1.165) is 25.2 Å². The molecule has 66 valence electrons. The number of furan rings is 1. The molecular formula is C10H14O2. The SMILES string of the molecule is CC1(CCc2ccco2)CCO1. The fraction of sp³-hybridized carbons (Fsp3) is 0.600. The summed E-state index contributed by atoms with van der Waals surface area (Å²) in [7, 11) is 0. The molecule has 1 fully saturated rings. The maximum Gasteiger partial charge on any atom is 0.103 e. The normalized spacial score (nSPS) is 28.4. The van der Waals surface area contributed by atoms with E-state index in [1.54, 1.807) is 6.26 Å². The molecule has 1 aliphatic rings. The number of hydrogen-bond acceptors (Lipinski definition) is 2. The van der Waals surface area contributed by atoms with Crippen LogP contribution in [0.15, 0.2) is 22.8 Å². The van der Waals surface area contributed by atoms with Crippen molar-refractivity contribution in [2.24, 2.45) is 0 Å². The maximum absolute atomic E-state index is 5.47. The zero-order valence-corrected chi connectivity index (χ0v) is 7.38. The number of hydrogen-bond donors (Lipinski definition) is 0. The lowest BCUT2D eigenvalue weighted by Crippen LogP contribution is -2.40. The second-order valence-corrected chi connectivity index (χ2v) is 3.63. The van der Waals surface area contributed by atoms with Crippen molar-refractivity contribution in [3.8, 4) is 0 Å². The van der Waals surface area contributed by atoms with Crippen LogP contribution in [0, 0.1) is 0 Å². The summed E-state index contributed by atoms with van der Waals surface area (Å²) < 4.78 is 10.7. The number of ether oxygens (including phenoxy) is 1. The molecule has 1 saturated heterocycles. The van der Waals surface area contributed by atoms with Gasteiger partial charge in [0.25, 0.3) is 0 Å². The summed E-state index contributed by atoms with van der Waals surface area (Å²) in [6.07, 6.45) is 4.97. The molecule has 2 nitrogen and oxygen atoms in total. The van der Waals surface area contributed by atoms with Gasteiger partial charge in [-0.3, -0.25) is 0 Å². The van der Waals surface area contributed by atoms with E-state index in [-0.39, 0.29) is 5.60 Å². The van der Waals surface area contributed by atoms with Crippen LogP contribution >= 0.6 is 0 Å². The molecule has 2 rings (SSSR count).